The van der Waals surface area contributed by atoms with E-state index in [1.54, 1.807) is 0 Å². The first-order valence-electron chi connectivity index (χ1n) is 2.95. The molecular formula is C6H9BF2N2. The second-order valence-corrected chi connectivity index (χ2v) is 2.11. The van der Waals surface area contributed by atoms with Crippen molar-refractivity contribution in [2.45, 2.75) is 12.7 Å². The maximum Gasteiger partial charge on any atom is 0.237 e. The SMILES string of the molecule is [B]C(F)(F)C(N)=C(C)C=NC. The van der Waals surface area contributed by atoms with Crippen LogP contribution in [-0.4, -0.2) is 26.9 Å². The largest absolute Gasteiger partial charge is 0.398 e. The molecule has 0 unspecified atom stereocenters. The molecule has 0 heterocycles. The van der Waals surface area contributed by atoms with Gasteiger partial charge >= 0.3 is 0 Å². The fourth-order valence-electron chi connectivity index (χ4n) is 0.526. The van der Waals surface area contributed by atoms with Crippen molar-refractivity contribution in [3.8, 4) is 0 Å². The van der Waals surface area contributed by atoms with Crippen molar-refractivity contribution in [3.63, 3.8) is 0 Å². The van der Waals surface area contributed by atoms with E-state index in [0.29, 0.717) is 0 Å². The second-order valence-electron chi connectivity index (χ2n) is 2.11. The monoisotopic (exact) mass is 158 g/mol. The first-order chi connectivity index (χ1) is 4.89. The van der Waals surface area contributed by atoms with Crippen molar-refractivity contribution in [1.29, 1.82) is 0 Å². The Morgan fingerprint density at radius 2 is 2.09 bits per heavy atom. The van der Waals surface area contributed by atoms with E-state index in [1.165, 1.54) is 20.2 Å². The lowest BCUT2D eigenvalue weighted by molar-refractivity contribution is 0.135. The Bertz CT molecular complexity index is 193. The molecule has 2 N–H and O–H groups in total. The molecule has 0 aromatic carbocycles. The number of rotatable bonds is 2. The minimum absolute atomic E-state index is 0.181. The predicted octanol–water partition coefficient (Wildman–Crippen LogP) is 0.681. The molecule has 11 heavy (non-hydrogen) atoms. The Balaban J connectivity index is 4.67. The van der Waals surface area contributed by atoms with Gasteiger partial charge in [0.05, 0.1) is 5.70 Å². The van der Waals surface area contributed by atoms with Crippen LogP contribution in [0.2, 0.25) is 0 Å². The molecule has 0 amide bonds. The Hall–Kier alpha value is -0.865. The highest BCUT2D eigenvalue weighted by atomic mass is 19.3. The summed E-state index contributed by atoms with van der Waals surface area (Å²) in [5, 5.41) is 0. The summed E-state index contributed by atoms with van der Waals surface area (Å²) >= 11 is 0. The summed E-state index contributed by atoms with van der Waals surface area (Å²) in [6.45, 7) is 1.42. The zero-order valence-corrected chi connectivity index (χ0v) is 6.44. The summed E-state index contributed by atoms with van der Waals surface area (Å²) < 4.78 is 24.4. The van der Waals surface area contributed by atoms with Gasteiger partial charge in [-0.25, -0.2) is 8.78 Å². The molecule has 0 aliphatic carbocycles. The van der Waals surface area contributed by atoms with Crippen molar-refractivity contribution >= 4 is 14.1 Å². The van der Waals surface area contributed by atoms with Crippen LogP contribution in [0, 0.1) is 0 Å². The van der Waals surface area contributed by atoms with E-state index in [4.69, 9.17) is 5.73 Å². The van der Waals surface area contributed by atoms with Crippen LogP contribution in [0.15, 0.2) is 16.3 Å². The quantitative estimate of drug-likeness (QED) is 0.465. The molecule has 0 atom stereocenters. The number of nitrogens with two attached hydrogens (primary N) is 1. The van der Waals surface area contributed by atoms with Crippen molar-refractivity contribution in [2.24, 2.45) is 10.7 Å². The van der Waals surface area contributed by atoms with Crippen LogP contribution in [0.1, 0.15) is 6.92 Å². The fraction of sp³-hybridized carbons (Fsp3) is 0.500. The number of halogens is 2. The molecule has 2 radical (unpaired) electrons. The highest BCUT2D eigenvalue weighted by molar-refractivity contribution is 6.15. The van der Waals surface area contributed by atoms with Crippen LogP contribution in [0.4, 0.5) is 8.78 Å². The molecule has 0 saturated carbocycles. The highest BCUT2D eigenvalue weighted by Crippen LogP contribution is 2.17. The lowest BCUT2D eigenvalue weighted by Crippen LogP contribution is -2.27. The van der Waals surface area contributed by atoms with Gasteiger partial charge in [0.1, 0.15) is 0 Å². The maximum absolute atomic E-state index is 12.2. The molecule has 0 aliphatic heterocycles. The Morgan fingerprint density at radius 3 is 2.36 bits per heavy atom. The molecular weight excluding hydrogens is 149 g/mol. The lowest BCUT2D eigenvalue weighted by Gasteiger charge is -2.12. The fourth-order valence-corrected chi connectivity index (χ4v) is 0.526. The van der Waals surface area contributed by atoms with Crippen LogP contribution in [0.5, 0.6) is 0 Å². The summed E-state index contributed by atoms with van der Waals surface area (Å²) in [6, 6.07) is 0. The third-order valence-electron chi connectivity index (χ3n) is 1.11. The average molecular weight is 158 g/mol. The third-order valence-corrected chi connectivity index (χ3v) is 1.11. The molecule has 60 valence electrons. The number of allylic oxidation sites excluding steroid dienone is 2. The Kier molecular flexibility index (Phi) is 3.23. The summed E-state index contributed by atoms with van der Waals surface area (Å²) in [5.74, 6) is -3.45. The zero-order chi connectivity index (χ0) is 9.07. The molecule has 0 saturated heterocycles. The first kappa shape index (κ1) is 10.1. The average Bonchev–Trinajstić information content (AvgIpc) is 1.85. The van der Waals surface area contributed by atoms with Gasteiger partial charge in [-0.1, -0.05) is 0 Å². The highest BCUT2D eigenvalue weighted by Gasteiger charge is 2.25. The molecule has 0 aliphatic rings. The lowest BCUT2D eigenvalue weighted by atomic mass is 9.93. The summed E-state index contributed by atoms with van der Waals surface area (Å²) in [6.07, 6.45) is 1.23. The molecule has 5 heteroatoms. The standard InChI is InChI=1S/C6H9BF2N2/c1-4(3-11-2)5(10)6(7,8)9/h3H,10H2,1-2H3. The van der Waals surface area contributed by atoms with E-state index in [0.717, 1.165) is 0 Å². The van der Waals surface area contributed by atoms with Gasteiger partial charge < -0.3 is 5.73 Å². The minimum atomic E-state index is -3.45. The molecule has 0 bridgehead atoms. The predicted molar refractivity (Wildman–Crippen MR) is 42.0 cm³/mol. The van der Waals surface area contributed by atoms with Crippen molar-refractivity contribution in [2.75, 3.05) is 7.05 Å². The maximum atomic E-state index is 12.2. The van der Waals surface area contributed by atoms with E-state index < -0.39 is 11.5 Å². The number of aliphatic imine (C=N–C) groups is 1. The first-order valence-corrected chi connectivity index (χ1v) is 2.95. The normalized spacial score (nSPS) is 15.3. The van der Waals surface area contributed by atoms with Crippen LogP contribution < -0.4 is 5.73 Å². The van der Waals surface area contributed by atoms with Crippen LogP contribution in [-0.2, 0) is 0 Å². The molecule has 0 aromatic rings. The smallest absolute Gasteiger partial charge is 0.237 e. The van der Waals surface area contributed by atoms with E-state index >= 15 is 0 Å². The molecule has 0 aromatic heterocycles. The van der Waals surface area contributed by atoms with Gasteiger partial charge in [-0.15, -0.1) is 0 Å². The number of nitrogens with zero attached hydrogens (tertiary/aromatic N) is 1. The second kappa shape index (κ2) is 3.50. The van der Waals surface area contributed by atoms with Crippen molar-refractivity contribution in [3.05, 3.63) is 11.3 Å². The van der Waals surface area contributed by atoms with Crippen LogP contribution in [0.3, 0.4) is 0 Å². The van der Waals surface area contributed by atoms with Gasteiger partial charge in [-0.05, 0) is 12.5 Å². The summed E-state index contributed by atoms with van der Waals surface area (Å²) in [4.78, 5) is 3.52. The van der Waals surface area contributed by atoms with E-state index in [-0.39, 0.29) is 5.57 Å². The van der Waals surface area contributed by atoms with Gasteiger partial charge in [-0.3, -0.25) is 4.99 Å². The van der Waals surface area contributed by atoms with Gasteiger partial charge in [0.15, 0.2) is 7.85 Å². The number of alkyl halides is 2. The van der Waals surface area contributed by atoms with Gasteiger partial charge in [0, 0.05) is 13.3 Å². The van der Waals surface area contributed by atoms with Crippen LogP contribution >= 0.6 is 0 Å². The van der Waals surface area contributed by atoms with E-state index in [2.05, 4.69) is 12.8 Å². The third kappa shape index (κ3) is 3.16. The molecule has 2 nitrogen and oxygen atoms in total. The van der Waals surface area contributed by atoms with E-state index in [9.17, 15) is 8.78 Å². The van der Waals surface area contributed by atoms with Gasteiger partial charge in [-0.2, -0.15) is 0 Å². The van der Waals surface area contributed by atoms with Crippen molar-refractivity contribution in [1.82, 2.24) is 0 Å². The summed E-state index contributed by atoms with van der Waals surface area (Å²) in [5.41, 5.74) is 4.52. The number of hydrogen-bond donors (Lipinski definition) is 1. The Labute approximate surface area is 65.6 Å². The minimum Gasteiger partial charge on any atom is -0.398 e. The topological polar surface area (TPSA) is 38.4 Å². The van der Waals surface area contributed by atoms with Gasteiger partial charge in [0.2, 0.25) is 5.82 Å². The number of hydrogen-bond acceptors (Lipinski definition) is 2. The molecule has 0 rings (SSSR count). The van der Waals surface area contributed by atoms with Gasteiger partial charge in [0.25, 0.3) is 0 Å². The summed E-state index contributed by atoms with van der Waals surface area (Å²) in [7, 11) is 5.90. The molecule has 0 fully saturated rings. The molecule has 0 spiro atoms. The van der Waals surface area contributed by atoms with Crippen LogP contribution in [0.25, 0.3) is 0 Å². The Morgan fingerprint density at radius 1 is 1.64 bits per heavy atom. The zero-order valence-electron chi connectivity index (χ0n) is 6.44. The van der Waals surface area contributed by atoms with E-state index in [1.807, 2.05) is 0 Å². The van der Waals surface area contributed by atoms with Crippen molar-refractivity contribution < 1.29 is 8.78 Å².